The second kappa shape index (κ2) is 10.7. The van der Waals surface area contributed by atoms with Gasteiger partial charge in [-0.25, -0.2) is 0 Å². The number of anilines is 1. The topological polar surface area (TPSA) is 74.3 Å². The van der Waals surface area contributed by atoms with Crippen molar-refractivity contribution in [1.82, 2.24) is 4.90 Å². The molecule has 2 aromatic carbocycles. The first-order valence-corrected chi connectivity index (χ1v) is 12.1. The van der Waals surface area contributed by atoms with Gasteiger partial charge in [-0.3, -0.25) is 4.90 Å². The Morgan fingerprint density at radius 1 is 1.18 bits per heavy atom. The van der Waals surface area contributed by atoms with Crippen LogP contribution in [0.15, 0.2) is 65.8 Å². The average molecular weight is 456 g/mol. The van der Waals surface area contributed by atoms with E-state index >= 15 is 0 Å². The predicted molar refractivity (Wildman–Crippen MR) is 142 cm³/mol. The number of fused-ring (bicyclic) bond motifs is 1. The van der Waals surface area contributed by atoms with Crippen molar-refractivity contribution in [2.75, 3.05) is 44.7 Å². The normalized spacial score (nSPS) is 15.8. The van der Waals surface area contributed by atoms with E-state index < -0.39 is 0 Å². The van der Waals surface area contributed by atoms with Crippen LogP contribution in [0.5, 0.6) is 0 Å². The molecule has 0 amide bonds. The number of allylic oxidation sites excluding steroid dienone is 3. The number of ether oxygens (including phenoxy) is 1. The van der Waals surface area contributed by atoms with Gasteiger partial charge in [0.1, 0.15) is 7.85 Å². The highest BCUT2D eigenvalue weighted by atomic mass is 32.1. The molecule has 0 aliphatic carbocycles. The highest BCUT2D eigenvalue weighted by Crippen LogP contribution is 2.36. The number of thiophene rings is 1. The predicted octanol–water partition coefficient (Wildman–Crippen LogP) is 4.04. The van der Waals surface area contributed by atoms with Gasteiger partial charge in [-0.15, -0.1) is 11.3 Å². The summed E-state index contributed by atoms with van der Waals surface area (Å²) in [7, 11) is 1.94. The van der Waals surface area contributed by atoms with E-state index in [0.717, 1.165) is 61.0 Å². The van der Waals surface area contributed by atoms with Crippen molar-refractivity contribution >= 4 is 41.2 Å². The zero-order valence-electron chi connectivity index (χ0n) is 19.2. The van der Waals surface area contributed by atoms with E-state index in [-0.39, 0.29) is 0 Å². The minimum absolute atomic E-state index is 0.676. The average Bonchev–Trinajstić information content (AvgIpc) is 3.33. The van der Waals surface area contributed by atoms with Gasteiger partial charge in [0.2, 0.25) is 0 Å². The minimum Gasteiger partial charge on any atom is -0.405 e. The van der Waals surface area contributed by atoms with Crippen LogP contribution >= 0.6 is 11.3 Å². The van der Waals surface area contributed by atoms with E-state index in [9.17, 15) is 5.26 Å². The summed E-state index contributed by atoms with van der Waals surface area (Å²) in [5.74, 6) is 0. The second-order valence-electron chi connectivity index (χ2n) is 8.28. The quantitative estimate of drug-likeness (QED) is 0.319. The molecule has 0 unspecified atom stereocenters. The maximum absolute atomic E-state index is 9.41. The number of nitrogens with one attached hydrogen (secondary N) is 1. The molecule has 1 aromatic heterocycles. The maximum Gasteiger partial charge on any atom is 0.142 e. The van der Waals surface area contributed by atoms with Crippen molar-refractivity contribution in [2.24, 2.45) is 5.73 Å². The lowest BCUT2D eigenvalue weighted by Crippen LogP contribution is -2.38. The summed E-state index contributed by atoms with van der Waals surface area (Å²) in [4.78, 5) is 4.67. The summed E-state index contributed by atoms with van der Waals surface area (Å²) in [6.07, 6.45) is 1.57. The van der Waals surface area contributed by atoms with Gasteiger partial charge in [-0.1, -0.05) is 23.7 Å². The van der Waals surface area contributed by atoms with Gasteiger partial charge in [0.05, 0.1) is 19.3 Å². The van der Waals surface area contributed by atoms with E-state index in [2.05, 4.69) is 64.8 Å². The largest absolute Gasteiger partial charge is 0.405 e. The Balaban J connectivity index is 1.50. The van der Waals surface area contributed by atoms with Crippen molar-refractivity contribution < 1.29 is 4.74 Å². The van der Waals surface area contributed by atoms with Crippen LogP contribution in [0.2, 0.25) is 0 Å². The van der Waals surface area contributed by atoms with Gasteiger partial charge in [0.15, 0.2) is 0 Å². The number of hydrogen-bond acceptors (Lipinski definition) is 6. The van der Waals surface area contributed by atoms with Crippen LogP contribution in [0.1, 0.15) is 11.8 Å². The molecule has 5 nitrogen and oxygen atoms in total. The van der Waals surface area contributed by atoms with Gasteiger partial charge in [0, 0.05) is 52.8 Å². The molecule has 1 aliphatic rings. The molecular weight excluding hydrogens is 427 g/mol. The Labute approximate surface area is 200 Å². The van der Waals surface area contributed by atoms with Crippen molar-refractivity contribution in [1.29, 1.82) is 5.26 Å². The number of nitrogens with zero attached hydrogens (tertiary/aromatic N) is 2. The molecule has 0 bridgehead atoms. The highest BCUT2D eigenvalue weighted by molar-refractivity contribution is 7.16. The third-order valence-corrected chi connectivity index (χ3v) is 7.18. The molecule has 1 saturated heterocycles. The van der Waals surface area contributed by atoms with Crippen molar-refractivity contribution in [2.45, 2.75) is 6.92 Å². The standard InChI is InChI=1S/C26H29BN4OS/c1-18(16-28)26(23(27)17-29)25-7-6-24(33-25)21-3-2-20-15-22(5-4-19(20)14-21)30-8-9-31-10-12-32-13-11-31/h2-7,14-15,17,30H,8-13,27,29H2,1H3/b23-17+,26-18-. The van der Waals surface area contributed by atoms with Crippen LogP contribution in [0.25, 0.3) is 26.8 Å². The van der Waals surface area contributed by atoms with Crippen LogP contribution in [-0.4, -0.2) is 52.1 Å². The first kappa shape index (κ1) is 23.1. The molecule has 0 atom stereocenters. The number of nitriles is 1. The van der Waals surface area contributed by atoms with Gasteiger partial charge in [-0.05, 0) is 59.8 Å². The van der Waals surface area contributed by atoms with E-state index in [1.54, 1.807) is 17.5 Å². The Hall–Kier alpha value is -3.05. The van der Waals surface area contributed by atoms with E-state index in [0.29, 0.717) is 5.57 Å². The third kappa shape index (κ3) is 5.48. The summed E-state index contributed by atoms with van der Waals surface area (Å²) in [6, 6.07) is 19.6. The summed E-state index contributed by atoms with van der Waals surface area (Å²) in [6.45, 7) is 7.50. The van der Waals surface area contributed by atoms with Crippen molar-refractivity contribution in [3.8, 4) is 16.5 Å². The molecule has 7 heteroatoms. The molecule has 4 rings (SSSR count). The molecule has 0 spiro atoms. The van der Waals surface area contributed by atoms with E-state index in [1.165, 1.54) is 21.2 Å². The number of morpholine rings is 1. The van der Waals surface area contributed by atoms with Gasteiger partial charge in [0.25, 0.3) is 0 Å². The molecule has 0 saturated carbocycles. The molecular formula is C26H29BN4OS. The molecule has 2 heterocycles. The van der Waals surface area contributed by atoms with Gasteiger partial charge >= 0.3 is 0 Å². The van der Waals surface area contributed by atoms with Crippen molar-refractivity contribution in [3.63, 3.8) is 0 Å². The Bertz CT molecular complexity index is 1230. The molecule has 1 fully saturated rings. The van der Waals surface area contributed by atoms with E-state index in [4.69, 9.17) is 10.5 Å². The molecule has 168 valence electrons. The molecule has 33 heavy (non-hydrogen) atoms. The van der Waals surface area contributed by atoms with Crippen LogP contribution in [-0.2, 0) is 4.74 Å². The summed E-state index contributed by atoms with van der Waals surface area (Å²) >= 11 is 1.69. The van der Waals surface area contributed by atoms with Crippen LogP contribution in [0.3, 0.4) is 0 Å². The fraction of sp³-hybridized carbons (Fsp3) is 0.269. The Kier molecular flexibility index (Phi) is 7.51. The number of rotatable bonds is 7. The molecule has 3 N–H and O–H groups in total. The van der Waals surface area contributed by atoms with Gasteiger partial charge < -0.3 is 15.8 Å². The maximum atomic E-state index is 9.41. The number of hydrogen-bond donors (Lipinski definition) is 2. The third-order valence-electron chi connectivity index (χ3n) is 6.03. The van der Waals surface area contributed by atoms with Crippen LogP contribution in [0.4, 0.5) is 5.69 Å². The number of nitrogens with two attached hydrogens (primary N) is 1. The summed E-state index contributed by atoms with van der Waals surface area (Å²) < 4.78 is 5.41. The SMILES string of the molecule is BC(=C/N)/C(=C(\C)C#N)c1ccc(-c2ccc3cc(NCCN4CCOCC4)ccc3c2)s1. The highest BCUT2D eigenvalue weighted by Gasteiger charge is 2.13. The molecule has 3 aromatic rings. The molecule has 1 aliphatic heterocycles. The van der Waals surface area contributed by atoms with Crippen LogP contribution in [0, 0.1) is 11.3 Å². The fourth-order valence-corrected chi connectivity index (χ4v) is 5.30. The minimum atomic E-state index is 0.676. The molecule has 0 radical (unpaired) electrons. The summed E-state index contributed by atoms with van der Waals surface area (Å²) in [5, 5.41) is 15.4. The summed E-state index contributed by atoms with van der Waals surface area (Å²) in [5.41, 5.74) is 10.6. The van der Waals surface area contributed by atoms with Crippen molar-refractivity contribution in [3.05, 3.63) is 70.7 Å². The zero-order chi connectivity index (χ0) is 23.2. The first-order valence-electron chi connectivity index (χ1n) is 11.3. The number of benzene rings is 2. The monoisotopic (exact) mass is 456 g/mol. The van der Waals surface area contributed by atoms with Crippen LogP contribution < -0.4 is 11.1 Å². The smallest absolute Gasteiger partial charge is 0.142 e. The first-order chi connectivity index (χ1) is 16.1. The lowest BCUT2D eigenvalue weighted by Gasteiger charge is -2.26. The Morgan fingerprint density at radius 2 is 1.94 bits per heavy atom. The van der Waals surface area contributed by atoms with E-state index in [1.807, 2.05) is 14.8 Å². The lowest BCUT2D eigenvalue weighted by molar-refractivity contribution is 0.0398. The second-order valence-corrected chi connectivity index (χ2v) is 9.37. The lowest BCUT2D eigenvalue weighted by atomic mass is 9.86. The zero-order valence-corrected chi connectivity index (χ0v) is 20.0. The Morgan fingerprint density at radius 3 is 2.70 bits per heavy atom. The van der Waals surface area contributed by atoms with Gasteiger partial charge in [-0.2, -0.15) is 5.26 Å². The fourth-order valence-electron chi connectivity index (χ4n) is 4.13.